The van der Waals surface area contributed by atoms with E-state index in [0.717, 1.165) is 98.6 Å². The molecule has 10 aromatic rings. The van der Waals surface area contributed by atoms with Crippen LogP contribution < -0.4 is 15.9 Å². The molecule has 0 aliphatic rings. The van der Waals surface area contributed by atoms with Crippen molar-refractivity contribution < 1.29 is 4.57 Å². The van der Waals surface area contributed by atoms with Crippen LogP contribution >= 0.6 is 7.14 Å². The van der Waals surface area contributed by atoms with Gasteiger partial charge in [-0.1, -0.05) is 115 Å². The summed E-state index contributed by atoms with van der Waals surface area (Å²) in [6, 6.07) is 51.0. The van der Waals surface area contributed by atoms with E-state index in [1.54, 1.807) is 0 Å². The molecule has 0 aliphatic carbocycles. The zero-order chi connectivity index (χ0) is 37.8. The molecule has 0 amide bonds. The van der Waals surface area contributed by atoms with E-state index in [9.17, 15) is 0 Å². The molecule has 0 aliphatic heterocycles. The molecule has 5 nitrogen and oxygen atoms in total. The van der Waals surface area contributed by atoms with Gasteiger partial charge >= 0.3 is 0 Å². The van der Waals surface area contributed by atoms with Gasteiger partial charge in [-0.3, -0.25) is 9.97 Å². The molecule has 0 fully saturated rings. The van der Waals surface area contributed by atoms with Gasteiger partial charge in [0.05, 0.1) is 22.4 Å². The number of para-hydroxylation sites is 1. The molecule has 6 aromatic carbocycles. The third-order valence-corrected chi connectivity index (χ3v) is 14.2. The highest BCUT2D eigenvalue weighted by Crippen LogP contribution is 2.46. The highest BCUT2D eigenvalue weighted by atomic mass is 31.2. The van der Waals surface area contributed by atoms with Gasteiger partial charge < -0.3 is 4.57 Å². The minimum Gasteiger partial charge on any atom is -0.309 e. The second-order valence-electron chi connectivity index (χ2n) is 14.2. The first-order valence-corrected chi connectivity index (χ1v) is 20.4. The van der Waals surface area contributed by atoms with Crippen LogP contribution in [0.2, 0.25) is 0 Å². The molecule has 0 N–H and O–H groups in total. The number of fused-ring (bicyclic) bond motifs is 6. The molecule has 10 rings (SSSR count). The zero-order valence-corrected chi connectivity index (χ0v) is 31.8. The quantitative estimate of drug-likeness (QED) is 0.0965. The molecule has 0 saturated heterocycles. The summed E-state index contributed by atoms with van der Waals surface area (Å²) in [6.07, 6.45) is 7.33. The average molecular weight is 739 g/mol. The summed E-state index contributed by atoms with van der Waals surface area (Å²) in [5.74, 6) is 0. The minimum atomic E-state index is -3.09. The Morgan fingerprint density at radius 3 is 1.39 bits per heavy atom. The van der Waals surface area contributed by atoms with Crippen LogP contribution in [0.1, 0.15) is 11.1 Å². The number of benzene rings is 6. The first-order valence-electron chi connectivity index (χ1n) is 18.7. The van der Waals surface area contributed by atoms with Gasteiger partial charge in [0, 0.05) is 73.4 Å². The second kappa shape index (κ2) is 13.5. The van der Waals surface area contributed by atoms with E-state index in [4.69, 9.17) is 9.97 Å². The van der Waals surface area contributed by atoms with Crippen LogP contribution in [0.25, 0.3) is 77.0 Å². The fraction of sp³-hybridized carbons (Fsp3) is 0.0400. The maximum absolute atomic E-state index is 15.1. The molecule has 0 saturated carbocycles. The van der Waals surface area contributed by atoms with Crippen LogP contribution in [-0.2, 0) is 4.57 Å². The largest absolute Gasteiger partial charge is 0.309 e. The van der Waals surface area contributed by atoms with Crippen LogP contribution in [0.3, 0.4) is 0 Å². The standard InChI is InChI=1S/C50H35N4OP/c1-32-45-41-15-9-10-16-43(41)53-49(35-23-27-51-28-24-35)47(45)33(2)46-42-22-19-37(31-44(42)54-50(48(32)46)36-25-29-52-30-26-36)34-17-20-40(21-18-34)56(55,38-11-5-3-6-12-38)39-13-7-4-8-14-39/h3-31H,1-2H3. The van der Waals surface area contributed by atoms with Gasteiger partial charge in [0.1, 0.15) is 0 Å². The van der Waals surface area contributed by atoms with Crippen molar-refractivity contribution in [3.8, 4) is 33.6 Å². The minimum absolute atomic E-state index is 0.799. The number of nitrogens with zero attached hydrogens (tertiary/aromatic N) is 4. The first-order chi connectivity index (χ1) is 27.5. The van der Waals surface area contributed by atoms with Gasteiger partial charge in [-0.2, -0.15) is 0 Å². The predicted molar refractivity (Wildman–Crippen MR) is 233 cm³/mol. The van der Waals surface area contributed by atoms with Crippen molar-refractivity contribution in [3.63, 3.8) is 0 Å². The summed E-state index contributed by atoms with van der Waals surface area (Å²) in [7, 11) is -3.09. The Labute approximate surface area is 324 Å². The third kappa shape index (κ3) is 5.35. The van der Waals surface area contributed by atoms with Crippen LogP contribution in [0, 0.1) is 13.8 Å². The number of hydrogen-bond acceptors (Lipinski definition) is 5. The fourth-order valence-corrected chi connectivity index (χ4v) is 11.1. The van der Waals surface area contributed by atoms with Crippen LogP contribution in [0.5, 0.6) is 0 Å². The van der Waals surface area contributed by atoms with Gasteiger partial charge in [0.25, 0.3) is 0 Å². The van der Waals surface area contributed by atoms with Gasteiger partial charge in [-0.05, 0) is 83.3 Å². The fourth-order valence-electron chi connectivity index (χ4n) is 8.44. The summed E-state index contributed by atoms with van der Waals surface area (Å²) >= 11 is 0. The highest BCUT2D eigenvalue weighted by molar-refractivity contribution is 7.85. The molecule has 4 aromatic heterocycles. The molecule has 6 heteroatoms. The molecule has 266 valence electrons. The lowest BCUT2D eigenvalue weighted by molar-refractivity contribution is 0.592. The molecular formula is C50H35N4OP. The third-order valence-electron chi connectivity index (χ3n) is 11.1. The number of aromatic nitrogens is 4. The van der Waals surface area contributed by atoms with Crippen molar-refractivity contribution in [1.29, 1.82) is 0 Å². The highest BCUT2D eigenvalue weighted by Gasteiger charge is 2.29. The summed E-state index contributed by atoms with van der Waals surface area (Å²) in [4.78, 5) is 19.4. The Bertz CT molecular complexity index is 3110. The topological polar surface area (TPSA) is 68.6 Å². The first kappa shape index (κ1) is 33.7. The summed E-state index contributed by atoms with van der Waals surface area (Å²) in [5, 5.41) is 9.23. The van der Waals surface area contributed by atoms with E-state index in [1.165, 1.54) is 5.39 Å². The van der Waals surface area contributed by atoms with E-state index in [1.807, 2.05) is 122 Å². The number of aryl methyl sites for hydroxylation is 2. The number of hydrogen-bond donors (Lipinski definition) is 0. The number of rotatable bonds is 6. The smallest absolute Gasteiger partial charge is 0.171 e. The predicted octanol–water partition coefficient (Wildman–Crippen LogP) is 11.1. The van der Waals surface area contributed by atoms with Crippen molar-refractivity contribution in [2.75, 3.05) is 0 Å². The Balaban J connectivity index is 1.22. The normalized spacial score (nSPS) is 11.8. The summed E-state index contributed by atoms with van der Waals surface area (Å²) in [6.45, 7) is 4.45. The molecule has 0 bridgehead atoms. The monoisotopic (exact) mass is 738 g/mol. The van der Waals surface area contributed by atoms with E-state index in [2.05, 4.69) is 78.4 Å². The van der Waals surface area contributed by atoms with Crippen LogP contribution in [-0.4, -0.2) is 19.9 Å². The van der Waals surface area contributed by atoms with Crippen LogP contribution in [0.15, 0.2) is 176 Å². The number of pyridine rings is 4. The Morgan fingerprint density at radius 2 is 0.839 bits per heavy atom. The molecule has 4 heterocycles. The molecule has 0 spiro atoms. The van der Waals surface area contributed by atoms with Crippen molar-refractivity contribution in [3.05, 3.63) is 188 Å². The van der Waals surface area contributed by atoms with E-state index in [0.29, 0.717) is 0 Å². The van der Waals surface area contributed by atoms with Crippen molar-refractivity contribution >= 4 is 66.4 Å². The molecule has 0 atom stereocenters. The van der Waals surface area contributed by atoms with Crippen molar-refractivity contribution in [2.24, 2.45) is 0 Å². The maximum Gasteiger partial charge on any atom is 0.171 e. The lowest BCUT2D eigenvalue weighted by atomic mass is 9.86. The van der Waals surface area contributed by atoms with Crippen molar-refractivity contribution in [1.82, 2.24) is 19.9 Å². The van der Waals surface area contributed by atoms with E-state index < -0.39 is 7.14 Å². The lowest BCUT2D eigenvalue weighted by Gasteiger charge is -2.21. The summed E-state index contributed by atoms with van der Waals surface area (Å²) in [5.41, 5.74) is 10.1. The Morgan fingerprint density at radius 1 is 0.393 bits per heavy atom. The molecule has 0 unspecified atom stereocenters. The van der Waals surface area contributed by atoms with Gasteiger partial charge in [-0.15, -0.1) is 0 Å². The zero-order valence-electron chi connectivity index (χ0n) is 30.9. The van der Waals surface area contributed by atoms with Gasteiger partial charge in [0.2, 0.25) is 0 Å². The Kier molecular flexibility index (Phi) is 8.13. The average Bonchev–Trinajstić information content (AvgIpc) is 3.27. The van der Waals surface area contributed by atoms with E-state index >= 15 is 4.57 Å². The Hall–Kier alpha value is -6.81. The maximum atomic E-state index is 15.1. The van der Waals surface area contributed by atoms with Crippen molar-refractivity contribution in [2.45, 2.75) is 13.8 Å². The SMILES string of the molecule is Cc1c2c(-c3ccncc3)nc3cc(-c4ccc(P(=O)(c5ccccc5)c5ccccc5)cc4)ccc3c2c(C)c2c(-c3ccncc3)nc3ccccc3c12. The van der Waals surface area contributed by atoms with Gasteiger partial charge in [-0.25, -0.2) is 9.97 Å². The van der Waals surface area contributed by atoms with Gasteiger partial charge in [0.15, 0.2) is 7.14 Å². The van der Waals surface area contributed by atoms with Crippen LogP contribution in [0.4, 0.5) is 0 Å². The molecule has 0 radical (unpaired) electrons. The summed E-state index contributed by atoms with van der Waals surface area (Å²) < 4.78 is 15.1. The molecule has 56 heavy (non-hydrogen) atoms. The second-order valence-corrected chi connectivity index (χ2v) is 17.0. The van der Waals surface area contributed by atoms with E-state index in [-0.39, 0.29) is 0 Å². The molecular weight excluding hydrogens is 704 g/mol. The lowest BCUT2D eigenvalue weighted by Crippen LogP contribution is -2.24.